The molecule has 208 valence electrons. The smallest absolute Gasteiger partial charge is 0.135 e. The van der Waals surface area contributed by atoms with Crippen LogP contribution in [0.4, 0.5) is 0 Å². The molecule has 0 saturated carbocycles. The fraction of sp³-hybridized carbons (Fsp3) is 0. The monoisotopic (exact) mass is 570 g/mol. The standard InChI is InChI=1S/C44H26O/c1-2-7-27(8-3-1)31-17-21-42-40(25-31)41-26-32(18-22-43(41)45-42)29-13-14-30-24-33(16-15-28(30)23-29)34-19-20-39-36-10-5-4-9-35(36)38-12-6-11-37(34)44(38)39/h1-26H. The molecule has 0 atom stereocenters. The quantitative estimate of drug-likeness (QED) is 0.206. The van der Waals surface area contributed by atoms with Gasteiger partial charge < -0.3 is 4.42 Å². The van der Waals surface area contributed by atoms with E-state index in [1.807, 2.05) is 0 Å². The maximum absolute atomic E-state index is 6.23. The number of fused-ring (bicyclic) bond motifs is 7. The molecule has 1 heteroatoms. The van der Waals surface area contributed by atoms with Crippen LogP contribution >= 0.6 is 0 Å². The van der Waals surface area contributed by atoms with Gasteiger partial charge in [0.1, 0.15) is 11.2 Å². The van der Waals surface area contributed by atoms with Crippen molar-refractivity contribution < 1.29 is 4.42 Å². The molecule has 45 heavy (non-hydrogen) atoms. The molecule has 10 rings (SSSR count). The summed E-state index contributed by atoms with van der Waals surface area (Å²) in [5, 5.41) is 7.44. The van der Waals surface area contributed by atoms with Crippen molar-refractivity contribution in [3.63, 3.8) is 0 Å². The van der Waals surface area contributed by atoms with E-state index in [0.29, 0.717) is 0 Å². The van der Waals surface area contributed by atoms with E-state index in [4.69, 9.17) is 4.42 Å². The zero-order valence-corrected chi connectivity index (χ0v) is 24.4. The van der Waals surface area contributed by atoms with Gasteiger partial charge in [0.05, 0.1) is 0 Å². The van der Waals surface area contributed by atoms with E-state index in [9.17, 15) is 0 Å². The van der Waals surface area contributed by atoms with Crippen molar-refractivity contribution in [1.82, 2.24) is 0 Å². The van der Waals surface area contributed by atoms with E-state index >= 15 is 0 Å². The van der Waals surface area contributed by atoms with Crippen molar-refractivity contribution in [2.45, 2.75) is 0 Å². The van der Waals surface area contributed by atoms with Gasteiger partial charge in [-0.25, -0.2) is 0 Å². The van der Waals surface area contributed by atoms with Gasteiger partial charge in [0.25, 0.3) is 0 Å². The largest absolute Gasteiger partial charge is 0.456 e. The molecule has 1 heterocycles. The van der Waals surface area contributed by atoms with Gasteiger partial charge in [-0.3, -0.25) is 0 Å². The van der Waals surface area contributed by atoms with Crippen molar-refractivity contribution >= 4 is 43.5 Å². The first-order chi connectivity index (χ1) is 22.3. The number of furan rings is 1. The minimum absolute atomic E-state index is 0.915. The van der Waals surface area contributed by atoms with Crippen LogP contribution in [0, 0.1) is 0 Å². The summed E-state index contributed by atoms with van der Waals surface area (Å²) < 4.78 is 6.23. The highest BCUT2D eigenvalue weighted by Gasteiger charge is 2.22. The van der Waals surface area contributed by atoms with Gasteiger partial charge in [0, 0.05) is 10.8 Å². The Balaban J connectivity index is 1.05. The van der Waals surface area contributed by atoms with Gasteiger partial charge in [-0.05, 0) is 114 Å². The zero-order chi connectivity index (χ0) is 29.5. The molecule has 0 aliphatic heterocycles. The fourth-order valence-corrected chi connectivity index (χ4v) is 7.42. The van der Waals surface area contributed by atoms with E-state index in [1.54, 1.807) is 0 Å². The maximum atomic E-state index is 6.23. The van der Waals surface area contributed by atoms with Crippen LogP contribution in [0.3, 0.4) is 0 Å². The first-order valence-electron chi connectivity index (χ1n) is 15.5. The minimum atomic E-state index is 0.915. The lowest BCUT2D eigenvalue weighted by Crippen LogP contribution is -1.85. The average Bonchev–Trinajstić information content (AvgIpc) is 3.64. The van der Waals surface area contributed by atoms with Crippen molar-refractivity contribution in [1.29, 1.82) is 0 Å². The molecular weight excluding hydrogens is 544 g/mol. The SMILES string of the molecule is c1ccc(-c2ccc3oc4ccc(-c5ccc6cc(-c7ccc8c9c(cccc79)-c7ccccc7-8)ccc6c5)cc4c3c2)cc1. The topological polar surface area (TPSA) is 13.1 Å². The summed E-state index contributed by atoms with van der Waals surface area (Å²) in [6.45, 7) is 0. The molecule has 8 aromatic carbocycles. The molecule has 1 aliphatic rings. The van der Waals surface area contributed by atoms with E-state index in [2.05, 4.69) is 158 Å². The average molecular weight is 571 g/mol. The third-order valence-electron chi connectivity index (χ3n) is 9.61. The number of rotatable bonds is 3. The van der Waals surface area contributed by atoms with Crippen molar-refractivity contribution in [2.75, 3.05) is 0 Å². The maximum Gasteiger partial charge on any atom is 0.135 e. The van der Waals surface area contributed by atoms with Crippen LogP contribution in [0.5, 0.6) is 0 Å². The molecule has 0 saturated heterocycles. The van der Waals surface area contributed by atoms with E-state index in [0.717, 1.165) is 21.9 Å². The highest BCUT2D eigenvalue weighted by Crippen LogP contribution is 2.49. The Kier molecular flexibility index (Phi) is 5.06. The Morgan fingerprint density at radius 1 is 0.289 bits per heavy atom. The second kappa shape index (κ2) is 9.29. The number of hydrogen-bond acceptors (Lipinski definition) is 1. The predicted octanol–water partition coefficient (Wildman–Crippen LogP) is 12.5. The fourth-order valence-electron chi connectivity index (χ4n) is 7.42. The summed E-state index contributed by atoms with van der Waals surface area (Å²) in [6.07, 6.45) is 0. The Labute approximate surface area is 260 Å². The Hall–Kier alpha value is -5.92. The molecule has 0 bridgehead atoms. The zero-order valence-electron chi connectivity index (χ0n) is 24.4. The van der Waals surface area contributed by atoms with Gasteiger partial charge in [-0.15, -0.1) is 0 Å². The van der Waals surface area contributed by atoms with Crippen LogP contribution in [-0.4, -0.2) is 0 Å². The first-order valence-corrected chi connectivity index (χ1v) is 15.5. The molecule has 1 nitrogen and oxygen atoms in total. The van der Waals surface area contributed by atoms with Crippen LogP contribution in [-0.2, 0) is 0 Å². The summed E-state index contributed by atoms with van der Waals surface area (Å²) in [5.74, 6) is 0. The van der Waals surface area contributed by atoms with Crippen LogP contribution < -0.4 is 0 Å². The third-order valence-corrected chi connectivity index (χ3v) is 9.61. The van der Waals surface area contributed by atoms with Crippen LogP contribution in [0.25, 0.3) is 99.1 Å². The second-order valence-corrected chi connectivity index (χ2v) is 12.1. The lowest BCUT2D eigenvalue weighted by atomic mass is 9.92. The molecule has 0 radical (unpaired) electrons. The summed E-state index contributed by atoms with van der Waals surface area (Å²) in [6, 6.07) is 57.3. The number of hydrogen-bond donors (Lipinski definition) is 0. The lowest BCUT2D eigenvalue weighted by Gasteiger charge is -2.11. The van der Waals surface area contributed by atoms with E-state index in [1.165, 1.54) is 77.2 Å². The molecule has 9 aromatic rings. The molecular formula is C44H26O. The summed E-state index contributed by atoms with van der Waals surface area (Å²) in [4.78, 5) is 0. The van der Waals surface area contributed by atoms with Crippen molar-refractivity contribution in [3.05, 3.63) is 158 Å². The molecule has 1 aliphatic carbocycles. The normalized spacial score (nSPS) is 12.0. The molecule has 0 spiro atoms. The Morgan fingerprint density at radius 3 is 1.56 bits per heavy atom. The van der Waals surface area contributed by atoms with Crippen molar-refractivity contribution in [3.8, 4) is 55.6 Å². The van der Waals surface area contributed by atoms with Gasteiger partial charge in [-0.1, -0.05) is 121 Å². The molecule has 0 amide bonds. The third kappa shape index (κ3) is 3.68. The Bertz CT molecular complexity index is 2610. The highest BCUT2D eigenvalue weighted by molar-refractivity contribution is 6.19. The van der Waals surface area contributed by atoms with E-state index < -0.39 is 0 Å². The lowest BCUT2D eigenvalue weighted by molar-refractivity contribution is 0.669. The molecule has 0 unspecified atom stereocenters. The highest BCUT2D eigenvalue weighted by atomic mass is 16.3. The van der Waals surface area contributed by atoms with E-state index in [-0.39, 0.29) is 0 Å². The first kappa shape index (κ1) is 24.5. The Morgan fingerprint density at radius 2 is 0.822 bits per heavy atom. The van der Waals surface area contributed by atoms with Crippen molar-refractivity contribution in [2.24, 2.45) is 0 Å². The van der Waals surface area contributed by atoms with Crippen LogP contribution in [0.1, 0.15) is 0 Å². The minimum Gasteiger partial charge on any atom is -0.456 e. The number of benzene rings is 8. The van der Waals surface area contributed by atoms with Gasteiger partial charge >= 0.3 is 0 Å². The molecule has 1 aromatic heterocycles. The van der Waals surface area contributed by atoms with Crippen LogP contribution in [0.2, 0.25) is 0 Å². The molecule has 0 N–H and O–H groups in total. The molecule has 0 fully saturated rings. The summed E-state index contributed by atoms with van der Waals surface area (Å²) in [7, 11) is 0. The predicted molar refractivity (Wildman–Crippen MR) is 189 cm³/mol. The van der Waals surface area contributed by atoms with Crippen LogP contribution in [0.15, 0.2) is 162 Å². The second-order valence-electron chi connectivity index (χ2n) is 12.1. The summed E-state index contributed by atoms with van der Waals surface area (Å²) >= 11 is 0. The summed E-state index contributed by atoms with van der Waals surface area (Å²) in [5.41, 5.74) is 14.5. The van der Waals surface area contributed by atoms with Gasteiger partial charge in [0.2, 0.25) is 0 Å². The van der Waals surface area contributed by atoms with Gasteiger partial charge in [0.15, 0.2) is 0 Å². The van der Waals surface area contributed by atoms with Gasteiger partial charge in [-0.2, -0.15) is 0 Å².